The van der Waals surface area contributed by atoms with E-state index in [0.717, 1.165) is 51.6 Å². The van der Waals surface area contributed by atoms with Crippen LogP contribution in [0.25, 0.3) is 0 Å². The normalized spacial score (nSPS) is 21.2. The minimum absolute atomic E-state index is 0.00707. The summed E-state index contributed by atoms with van der Waals surface area (Å²) in [5.74, 6) is -0.795. The molecule has 0 N–H and O–H groups in total. The first-order valence-electron chi connectivity index (χ1n) is 12.0. The molecule has 1 aliphatic carbocycles. The van der Waals surface area contributed by atoms with Crippen molar-refractivity contribution < 1.29 is 23.9 Å². The number of benzene rings is 1. The summed E-state index contributed by atoms with van der Waals surface area (Å²) in [5.41, 5.74) is 1.16. The summed E-state index contributed by atoms with van der Waals surface area (Å²) in [7, 11) is 0. The first kappa shape index (κ1) is 24.3. The number of rotatable bonds is 12. The van der Waals surface area contributed by atoms with Gasteiger partial charge in [0, 0.05) is 36.6 Å². The van der Waals surface area contributed by atoms with E-state index in [4.69, 9.17) is 4.74 Å². The van der Waals surface area contributed by atoms with Gasteiger partial charge in [0.2, 0.25) is 0 Å². The highest BCUT2D eigenvalue weighted by molar-refractivity contribution is 6.26. The molecule has 0 radical (unpaired) electrons. The lowest BCUT2D eigenvalue weighted by molar-refractivity contribution is -0.149. The van der Waals surface area contributed by atoms with Crippen molar-refractivity contribution in [3.05, 3.63) is 35.4 Å². The molecule has 1 aliphatic heterocycles. The standard InChI is InChI=1S/C26H35NO5/c1-3-19-16-20(32-24(29)14-13-18(2)28)17-27(19)15-9-5-4-6-12-23-25(30)21-10-7-8-11-22(21)26(23)31/h7-8,10-11,19-20,23H,3-6,9,12-17H2,1-2H3/t19-,20+/m1/s1. The number of hydrogen-bond acceptors (Lipinski definition) is 6. The third-order valence-corrected chi connectivity index (χ3v) is 6.72. The Morgan fingerprint density at radius 1 is 1.00 bits per heavy atom. The highest BCUT2D eigenvalue weighted by Crippen LogP contribution is 2.30. The van der Waals surface area contributed by atoms with E-state index < -0.39 is 5.92 Å². The monoisotopic (exact) mass is 441 g/mol. The lowest BCUT2D eigenvalue weighted by Gasteiger charge is -2.22. The van der Waals surface area contributed by atoms with E-state index in [0.29, 0.717) is 23.6 Å². The van der Waals surface area contributed by atoms with Gasteiger partial charge in [-0.05, 0) is 32.7 Å². The Kier molecular flexibility index (Phi) is 8.74. The topological polar surface area (TPSA) is 80.8 Å². The first-order valence-corrected chi connectivity index (χ1v) is 12.0. The van der Waals surface area contributed by atoms with Gasteiger partial charge in [-0.1, -0.05) is 50.5 Å². The molecule has 2 atom stereocenters. The van der Waals surface area contributed by atoms with Crippen molar-refractivity contribution in [3.63, 3.8) is 0 Å². The second-order valence-corrected chi connectivity index (χ2v) is 9.14. The fourth-order valence-electron chi connectivity index (χ4n) is 4.93. The van der Waals surface area contributed by atoms with Crippen LogP contribution in [0, 0.1) is 5.92 Å². The summed E-state index contributed by atoms with van der Waals surface area (Å²) in [4.78, 5) is 50.3. The largest absolute Gasteiger partial charge is 0.461 e. The summed E-state index contributed by atoms with van der Waals surface area (Å²) < 4.78 is 5.58. The van der Waals surface area contributed by atoms with Crippen molar-refractivity contribution in [1.29, 1.82) is 0 Å². The molecule has 1 aromatic rings. The van der Waals surface area contributed by atoms with E-state index in [-0.39, 0.29) is 42.3 Å². The highest BCUT2D eigenvalue weighted by atomic mass is 16.5. The molecule has 0 aromatic heterocycles. The zero-order chi connectivity index (χ0) is 23.1. The van der Waals surface area contributed by atoms with Gasteiger partial charge in [0.05, 0.1) is 12.3 Å². The molecule has 6 nitrogen and oxygen atoms in total. The molecule has 3 rings (SSSR count). The van der Waals surface area contributed by atoms with E-state index in [1.54, 1.807) is 12.1 Å². The molecule has 6 heteroatoms. The van der Waals surface area contributed by atoms with Crippen LogP contribution in [0.3, 0.4) is 0 Å². The van der Waals surface area contributed by atoms with Gasteiger partial charge in [-0.25, -0.2) is 0 Å². The minimum atomic E-state index is -0.492. The summed E-state index contributed by atoms with van der Waals surface area (Å²) in [6.07, 6.45) is 6.82. The quantitative estimate of drug-likeness (QED) is 0.272. The number of fused-ring (bicyclic) bond motifs is 1. The predicted octanol–water partition coefficient (Wildman–Crippen LogP) is 4.40. The molecule has 0 amide bonds. The van der Waals surface area contributed by atoms with Crippen LogP contribution in [0.5, 0.6) is 0 Å². The van der Waals surface area contributed by atoms with Gasteiger partial charge >= 0.3 is 5.97 Å². The Morgan fingerprint density at radius 2 is 1.66 bits per heavy atom. The number of carbonyl (C=O) groups excluding carboxylic acids is 4. The van der Waals surface area contributed by atoms with Crippen LogP contribution in [0.1, 0.15) is 92.4 Å². The minimum Gasteiger partial charge on any atom is -0.461 e. The summed E-state index contributed by atoms with van der Waals surface area (Å²) in [6.45, 7) is 5.37. The molecule has 0 saturated carbocycles. The van der Waals surface area contributed by atoms with Crippen molar-refractivity contribution in [2.45, 2.75) is 83.8 Å². The first-order chi connectivity index (χ1) is 15.4. The van der Waals surface area contributed by atoms with Crippen molar-refractivity contribution in [3.8, 4) is 0 Å². The highest BCUT2D eigenvalue weighted by Gasteiger charge is 2.37. The van der Waals surface area contributed by atoms with Crippen molar-refractivity contribution in [1.82, 2.24) is 4.90 Å². The zero-order valence-electron chi connectivity index (χ0n) is 19.3. The van der Waals surface area contributed by atoms with Gasteiger partial charge in [0.25, 0.3) is 0 Å². The van der Waals surface area contributed by atoms with E-state index in [1.165, 1.54) is 6.92 Å². The van der Waals surface area contributed by atoms with Gasteiger partial charge in [-0.3, -0.25) is 19.3 Å². The van der Waals surface area contributed by atoms with E-state index >= 15 is 0 Å². The molecule has 1 aromatic carbocycles. The third kappa shape index (κ3) is 6.12. The maximum Gasteiger partial charge on any atom is 0.306 e. The second-order valence-electron chi connectivity index (χ2n) is 9.14. The average molecular weight is 442 g/mol. The third-order valence-electron chi connectivity index (χ3n) is 6.72. The summed E-state index contributed by atoms with van der Waals surface area (Å²) in [5, 5.41) is 0. The molecule has 1 fully saturated rings. The molecule has 174 valence electrons. The number of carbonyl (C=O) groups is 4. The molecule has 0 unspecified atom stereocenters. The number of ether oxygens (including phenoxy) is 1. The summed E-state index contributed by atoms with van der Waals surface area (Å²) in [6, 6.07) is 7.55. The van der Waals surface area contributed by atoms with E-state index in [2.05, 4.69) is 11.8 Å². The smallest absolute Gasteiger partial charge is 0.306 e. The average Bonchev–Trinajstić information content (AvgIpc) is 3.27. The van der Waals surface area contributed by atoms with Crippen molar-refractivity contribution in [2.24, 2.45) is 5.92 Å². The number of ketones is 3. The van der Waals surface area contributed by atoms with Crippen LogP contribution < -0.4 is 0 Å². The Morgan fingerprint density at radius 3 is 2.28 bits per heavy atom. The second kappa shape index (κ2) is 11.5. The van der Waals surface area contributed by atoms with Crippen molar-refractivity contribution in [2.75, 3.05) is 13.1 Å². The molecule has 0 spiro atoms. The van der Waals surface area contributed by atoms with Crippen molar-refractivity contribution >= 4 is 23.3 Å². The summed E-state index contributed by atoms with van der Waals surface area (Å²) >= 11 is 0. The van der Waals surface area contributed by atoms with Crippen LogP contribution in [0.4, 0.5) is 0 Å². The number of likely N-dealkylation sites (tertiary alicyclic amines) is 1. The number of nitrogens with zero attached hydrogens (tertiary/aromatic N) is 1. The maximum absolute atomic E-state index is 12.5. The SMILES string of the molecule is CC[C@@H]1C[C@H](OC(=O)CCC(C)=O)CN1CCCCCCC1C(=O)c2ccccc2C1=O. The number of Topliss-reactive ketones (excluding diaryl/α,β-unsaturated/α-hetero) is 3. The van der Waals surface area contributed by atoms with Gasteiger partial charge in [0.1, 0.15) is 11.9 Å². The van der Waals surface area contributed by atoms with Crippen LogP contribution >= 0.6 is 0 Å². The fourth-order valence-corrected chi connectivity index (χ4v) is 4.93. The number of esters is 1. The molecule has 0 bridgehead atoms. The van der Waals surface area contributed by atoms with Crippen LogP contribution in [-0.2, 0) is 14.3 Å². The molecular weight excluding hydrogens is 406 g/mol. The van der Waals surface area contributed by atoms with E-state index in [1.807, 2.05) is 12.1 Å². The zero-order valence-corrected chi connectivity index (χ0v) is 19.3. The molecule has 32 heavy (non-hydrogen) atoms. The van der Waals surface area contributed by atoms with Gasteiger partial charge < -0.3 is 9.53 Å². The van der Waals surface area contributed by atoms with Gasteiger partial charge in [-0.15, -0.1) is 0 Å². The Bertz CT molecular complexity index is 813. The van der Waals surface area contributed by atoms with Gasteiger partial charge in [0.15, 0.2) is 11.6 Å². The Balaban J connectivity index is 1.33. The van der Waals surface area contributed by atoms with Crippen LogP contribution in [0.2, 0.25) is 0 Å². The molecule has 2 aliphatic rings. The fraction of sp³-hybridized carbons (Fsp3) is 0.615. The predicted molar refractivity (Wildman–Crippen MR) is 122 cm³/mol. The Labute approximate surface area is 190 Å². The lowest BCUT2D eigenvalue weighted by Crippen LogP contribution is -2.30. The molecule has 1 saturated heterocycles. The molecule has 1 heterocycles. The number of hydrogen-bond donors (Lipinski definition) is 0. The van der Waals surface area contributed by atoms with Gasteiger partial charge in [-0.2, -0.15) is 0 Å². The maximum atomic E-state index is 12.5. The van der Waals surface area contributed by atoms with Crippen LogP contribution in [-0.4, -0.2) is 53.5 Å². The van der Waals surface area contributed by atoms with E-state index in [9.17, 15) is 19.2 Å². The molecular formula is C26H35NO5. The van der Waals surface area contributed by atoms with Crippen LogP contribution in [0.15, 0.2) is 24.3 Å². The Hall–Kier alpha value is -2.34. The number of unbranched alkanes of at least 4 members (excludes halogenated alkanes) is 3. The lowest BCUT2D eigenvalue weighted by atomic mass is 9.96.